The summed E-state index contributed by atoms with van der Waals surface area (Å²) in [5.74, 6) is -5.69. The van der Waals surface area contributed by atoms with Crippen LogP contribution in [0, 0.1) is 17.1 Å². The fourth-order valence-electron chi connectivity index (χ4n) is 5.79. The van der Waals surface area contributed by atoms with Gasteiger partial charge in [0.05, 0.1) is 40.4 Å². The Morgan fingerprint density at radius 2 is 2.06 bits per heavy atom. The zero-order chi connectivity index (χ0) is 37.6. The zero-order valence-electron chi connectivity index (χ0n) is 27.5. The third-order valence-electron chi connectivity index (χ3n) is 8.59. The molecule has 4 aromatic rings. The van der Waals surface area contributed by atoms with Gasteiger partial charge in [-0.15, -0.1) is 23.1 Å². The van der Waals surface area contributed by atoms with Gasteiger partial charge in [-0.25, -0.2) is 18.7 Å². The number of carbonyl (C=O) groups excluding carboxylic acids is 3. The van der Waals surface area contributed by atoms with Crippen molar-refractivity contribution in [1.29, 1.82) is 5.41 Å². The second-order valence-electron chi connectivity index (χ2n) is 12.5. The maximum Gasteiger partial charge on any atom is 0.350 e. The number of β-lactam (4-membered cyclic amide) rings is 1. The van der Waals surface area contributed by atoms with Crippen LogP contribution < -0.4 is 21.1 Å². The smallest absolute Gasteiger partial charge is 0.350 e. The maximum atomic E-state index is 14.9. The Kier molecular flexibility index (Phi) is 9.82. The molecule has 2 aliphatic heterocycles. The molecule has 6 N–H and O–H groups in total. The van der Waals surface area contributed by atoms with Gasteiger partial charge in [0.1, 0.15) is 17.3 Å². The lowest BCUT2D eigenvalue weighted by Crippen LogP contribution is -2.63. The van der Waals surface area contributed by atoms with E-state index < -0.39 is 46.3 Å². The predicted molar refractivity (Wildman–Crippen MR) is 188 cm³/mol. The van der Waals surface area contributed by atoms with Crippen molar-refractivity contribution in [1.82, 2.24) is 14.5 Å². The standard InChI is InChI=1S/C33H30ClFN8O7S2/c1-33(2,31(48)49)50-40-25(22-14-52-32(38)39-22)24(44)9-18-28(45)43-26(30(46)47)17(13-51-29(18)43)11-41-5-4-23-15(10-41)3-6-42(23)12-19-20(34)7-16(27(36)37)8-21(19)35/h3-8,10,14,18,29H,9,11-13H2,1-2H3,(H6-,36,37,38,39,46,47,48,49)/b40-25-/t18-,29-/m1/s1. The van der Waals surface area contributed by atoms with E-state index in [9.17, 15) is 33.8 Å². The molecule has 2 aliphatic rings. The lowest BCUT2D eigenvalue weighted by atomic mass is 9.89. The van der Waals surface area contributed by atoms with Gasteiger partial charge in [0.2, 0.25) is 11.5 Å². The average molecular weight is 769 g/mol. The highest BCUT2D eigenvalue weighted by molar-refractivity contribution is 8.00. The molecule has 0 spiro atoms. The fourth-order valence-corrected chi connectivity index (χ4v) is 8.01. The number of aliphatic carboxylic acids is 2. The minimum absolute atomic E-state index is 0.0508. The monoisotopic (exact) mass is 768 g/mol. The Bertz CT molecular complexity index is 2230. The summed E-state index contributed by atoms with van der Waals surface area (Å²) < 4.78 is 18.4. The van der Waals surface area contributed by atoms with E-state index in [2.05, 4.69) is 10.1 Å². The van der Waals surface area contributed by atoms with Gasteiger partial charge in [-0.3, -0.25) is 19.9 Å². The molecule has 0 radical (unpaired) electrons. The minimum Gasteiger partial charge on any atom is -0.543 e. The van der Waals surface area contributed by atoms with Crippen molar-refractivity contribution in [2.45, 2.75) is 44.3 Å². The number of carbonyl (C=O) groups is 4. The number of aromatic nitrogens is 3. The molecule has 19 heteroatoms. The second kappa shape index (κ2) is 14.0. The zero-order valence-corrected chi connectivity index (χ0v) is 29.9. The number of nitrogens with one attached hydrogen (secondary N) is 1. The van der Waals surface area contributed by atoms with Crippen LogP contribution in [0.1, 0.15) is 37.1 Å². The van der Waals surface area contributed by atoms with Crippen LogP contribution in [0.15, 0.2) is 64.7 Å². The predicted octanol–water partition coefficient (Wildman–Crippen LogP) is 1.87. The van der Waals surface area contributed by atoms with E-state index in [1.807, 2.05) is 6.07 Å². The lowest BCUT2D eigenvalue weighted by Gasteiger charge is -2.50. The Balaban J connectivity index is 1.19. The number of amides is 1. The van der Waals surface area contributed by atoms with Gasteiger partial charge in [-0.2, -0.15) is 0 Å². The number of nitrogens with two attached hydrogens (primary N) is 2. The summed E-state index contributed by atoms with van der Waals surface area (Å²) in [7, 11) is 0. The number of carboxylic acids is 2. The van der Waals surface area contributed by atoms with E-state index in [0.717, 1.165) is 33.2 Å². The number of carboxylic acid groups (broad SMARTS) is 2. The van der Waals surface area contributed by atoms with Gasteiger partial charge in [0, 0.05) is 51.5 Å². The summed E-state index contributed by atoms with van der Waals surface area (Å²) in [4.78, 5) is 61.2. The number of thioether (sulfide) groups is 1. The van der Waals surface area contributed by atoms with E-state index in [1.54, 1.807) is 33.8 Å². The molecule has 1 fully saturated rings. The van der Waals surface area contributed by atoms with Gasteiger partial charge in [-0.1, -0.05) is 16.8 Å². The van der Waals surface area contributed by atoms with Gasteiger partial charge < -0.3 is 35.9 Å². The first kappa shape index (κ1) is 36.5. The van der Waals surface area contributed by atoms with Crippen LogP contribution in [0.2, 0.25) is 5.02 Å². The number of hydrogen-bond acceptors (Lipinski definition) is 12. The van der Waals surface area contributed by atoms with Crippen molar-refractivity contribution in [2.24, 2.45) is 16.8 Å². The first-order valence-corrected chi connectivity index (χ1v) is 17.8. The van der Waals surface area contributed by atoms with Gasteiger partial charge in [-0.05, 0) is 32.0 Å². The number of nitrogens with zero attached hydrogens (tertiary/aromatic N) is 5. The van der Waals surface area contributed by atoms with Crippen LogP contribution in [-0.2, 0) is 37.1 Å². The molecule has 15 nitrogen and oxygen atoms in total. The number of halogens is 2. The van der Waals surface area contributed by atoms with Gasteiger partial charge in [0.15, 0.2) is 35.6 Å². The van der Waals surface area contributed by atoms with E-state index >= 15 is 0 Å². The average Bonchev–Trinajstić information content (AvgIpc) is 3.69. The summed E-state index contributed by atoms with van der Waals surface area (Å²) in [6, 6.07) is 6.20. The third kappa shape index (κ3) is 6.96. The maximum absolute atomic E-state index is 14.9. The number of rotatable bonds is 13. The van der Waals surface area contributed by atoms with Crippen LogP contribution in [0.4, 0.5) is 9.52 Å². The highest BCUT2D eigenvalue weighted by Crippen LogP contribution is 2.45. The molecule has 1 aromatic carbocycles. The number of thiazole rings is 1. The Hall–Kier alpha value is -5.33. The first-order valence-electron chi connectivity index (χ1n) is 15.5. The molecule has 3 aromatic heterocycles. The van der Waals surface area contributed by atoms with Crippen molar-refractivity contribution >= 4 is 85.9 Å². The molecule has 270 valence electrons. The third-order valence-corrected chi connectivity index (χ3v) is 11.0. The normalized spacial score (nSPS) is 17.6. The van der Waals surface area contributed by atoms with Crippen molar-refractivity contribution < 1.29 is 43.2 Å². The number of nitrogen functional groups attached to an aromatic ring is 2. The van der Waals surface area contributed by atoms with Crippen LogP contribution in [0.25, 0.3) is 10.9 Å². The van der Waals surface area contributed by atoms with E-state index in [-0.39, 0.29) is 69.5 Å². The molecule has 52 heavy (non-hydrogen) atoms. The van der Waals surface area contributed by atoms with Crippen molar-refractivity contribution in [3.63, 3.8) is 0 Å². The highest BCUT2D eigenvalue weighted by atomic mass is 35.5. The van der Waals surface area contributed by atoms with Crippen molar-refractivity contribution in [2.75, 3.05) is 11.5 Å². The molecule has 0 saturated carbocycles. The van der Waals surface area contributed by atoms with E-state index in [0.29, 0.717) is 5.57 Å². The van der Waals surface area contributed by atoms with Crippen LogP contribution in [-0.4, -0.2) is 71.5 Å². The quantitative estimate of drug-likeness (QED) is 0.0504. The van der Waals surface area contributed by atoms with E-state index in [4.69, 9.17) is 33.3 Å². The molecular weight excluding hydrogens is 739 g/mol. The Morgan fingerprint density at radius 3 is 2.69 bits per heavy atom. The second-order valence-corrected chi connectivity index (χ2v) is 14.9. The molecule has 1 saturated heterocycles. The van der Waals surface area contributed by atoms with Crippen LogP contribution in [0.5, 0.6) is 0 Å². The first-order chi connectivity index (χ1) is 24.5. The summed E-state index contributed by atoms with van der Waals surface area (Å²) in [6.45, 7) is 2.72. The van der Waals surface area contributed by atoms with Gasteiger partial charge >= 0.3 is 5.97 Å². The summed E-state index contributed by atoms with van der Waals surface area (Å²) in [5.41, 5.74) is 10.5. The number of fused-ring (bicyclic) bond motifs is 2. The SMILES string of the molecule is CC(C)(O/N=C(\C(=O)C[C@@H]1C(=O)N2C(C(=O)[O-])=C(C[n+]3ccc4c(ccn4Cc4c(F)cc(C(=N)N)cc4Cl)c3)CS[C@H]12)c1csc(N)n1)C(=O)O. The van der Waals surface area contributed by atoms with Crippen molar-refractivity contribution in [3.8, 4) is 0 Å². The molecular formula is C33H30ClFN8O7S2. The number of oxime groups is 1. The molecule has 0 aliphatic carbocycles. The Morgan fingerprint density at radius 1 is 1.31 bits per heavy atom. The number of amidine groups is 1. The largest absolute Gasteiger partial charge is 0.543 e. The fraction of sp³-hybridized carbons (Fsp3) is 0.273. The number of benzene rings is 1. The van der Waals surface area contributed by atoms with Crippen LogP contribution in [0.3, 0.4) is 0 Å². The number of hydrogen-bond donors (Lipinski definition) is 4. The molecule has 1 amide bonds. The number of Topliss-reactive ketones (excluding diaryl/α,β-unsaturated/α-hetero) is 1. The molecule has 5 heterocycles. The molecule has 6 rings (SSSR count). The minimum atomic E-state index is -1.77. The molecule has 0 bridgehead atoms. The van der Waals surface area contributed by atoms with Crippen molar-refractivity contribution in [3.05, 3.63) is 87.2 Å². The molecule has 0 unspecified atom stereocenters. The van der Waals surface area contributed by atoms with Gasteiger partial charge in [0.25, 0.3) is 0 Å². The Labute approximate surface area is 307 Å². The van der Waals surface area contributed by atoms with E-state index in [1.165, 1.54) is 37.1 Å². The summed E-state index contributed by atoms with van der Waals surface area (Å²) in [5, 5.41) is 35.0. The topological polar surface area (TPSA) is 234 Å². The summed E-state index contributed by atoms with van der Waals surface area (Å²) in [6.07, 6.45) is 4.91. The number of ketones is 1. The summed E-state index contributed by atoms with van der Waals surface area (Å²) >= 11 is 8.64. The van der Waals surface area contributed by atoms with Crippen LogP contribution >= 0.6 is 34.7 Å². The number of anilines is 1. The lowest BCUT2D eigenvalue weighted by molar-refractivity contribution is -0.687. The molecule has 2 atom stereocenters. The highest BCUT2D eigenvalue weighted by Gasteiger charge is 2.53. The number of pyridine rings is 1.